The van der Waals surface area contributed by atoms with E-state index in [-0.39, 0.29) is 12.0 Å². The molecular weight excluding hydrogens is 170 g/mol. The highest BCUT2D eigenvalue weighted by atomic mass is 16.2. The minimum atomic E-state index is -0.637. The van der Waals surface area contributed by atoms with Crippen LogP contribution in [0.2, 0.25) is 0 Å². The van der Waals surface area contributed by atoms with E-state index in [0.29, 0.717) is 0 Å². The number of nitrogens with one attached hydrogen (secondary N) is 2. The van der Waals surface area contributed by atoms with Crippen molar-refractivity contribution in [2.45, 2.75) is 32.7 Å². The minimum Gasteiger partial charge on any atom is -0.288 e. The zero-order valence-corrected chi connectivity index (χ0v) is 7.76. The van der Waals surface area contributed by atoms with Crippen molar-refractivity contribution >= 4 is 17.8 Å². The lowest BCUT2D eigenvalue weighted by Gasteiger charge is -2.04. The van der Waals surface area contributed by atoms with Crippen LogP contribution in [0.5, 0.6) is 0 Å². The molecule has 1 aliphatic rings. The van der Waals surface area contributed by atoms with Gasteiger partial charge in [-0.05, 0) is 13.3 Å². The van der Waals surface area contributed by atoms with E-state index < -0.39 is 11.8 Å². The van der Waals surface area contributed by atoms with Crippen LogP contribution >= 0.6 is 0 Å². The molecule has 2 N–H and O–H groups in total. The van der Waals surface area contributed by atoms with E-state index in [1.165, 1.54) is 0 Å². The van der Waals surface area contributed by atoms with Crippen LogP contribution in [-0.4, -0.2) is 23.8 Å². The van der Waals surface area contributed by atoms with Gasteiger partial charge in [0.15, 0.2) is 0 Å². The molecule has 1 saturated heterocycles. The molecule has 5 nitrogen and oxygen atoms in total. The Kier molecular flexibility index (Phi) is 3.00. The summed E-state index contributed by atoms with van der Waals surface area (Å²) in [4.78, 5) is 25.6. The number of rotatable bonds is 3. The van der Waals surface area contributed by atoms with Crippen LogP contribution < -0.4 is 10.6 Å². The fraction of sp³-hybridized carbons (Fsp3) is 0.625. The van der Waals surface area contributed by atoms with Crippen LogP contribution in [0, 0.1) is 0 Å². The van der Waals surface area contributed by atoms with Gasteiger partial charge in [-0.25, -0.2) is 4.99 Å². The Morgan fingerprint density at radius 1 is 1.31 bits per heavy atom. The number of amides is 2. The highest BCUT2D eigenvalue weighted by Gasteiger charge is 2.25. The summed E-state index contributed by atoms with van der Waals surface area (Å²) in [5, 5.41) is 4.69. The third kappa shape index (κ3) is 2.54. The molecule has 5 heteroatoms. The standard InChI is InChI=1S/C8H13N3O2/c1-3-4-5(2)9-8-10-6(12)7(13)11-8/h5H,3-4H2,1-2H3,(H2,9,10,11,12,13). The Hall–Kier alpha value is -1.39. The molecule has 1 fully saturated rings. The molecule has 72 valence electrons. The first-order valence-electron chi connectivity index (χ1n) is 4.33. The van der Waals surface area contributed by atoms with Gasteiger partial charge in [-0.2, -0.15) is 0 Å². The molecule has 0 saturated carbocycles. The van der Waals surface area contributed by atoms with Crippen LogP contribution in [0.25, 0.3) is 0 Å². The molecule has 1 atom stereocenters. The molecule has 13 heavy (non-hydrogen) atoms. The van der Waals surface area contributed by atoms with E-state index in [2.05, 4.69) is 22.5 Å². The molecule has 1 unspecified atom stereocenters. The number of carbonyl (C=O) groups excluding carboxylic acids is 2. The first-order chi connectivity index (χ1) is 6.13. The average Bonchev–Trinajstić information content (AvgIpc) is 2.31. The fourth-order valence-corrected chi connectivity index (χ4v) is 1.13. The highest BCUT2D eigenvalue weighted by molar-refractivity contribution is 6.45. The second-order valence-electron chi connectivity index (χ2n) is 3.02. The Labute approximate surface area is 76.6 Å². The minimum absolute atomic E-state index is 0.124. The molecule has 2 amide bonds. The maximum atomic E-state index is 10.7. The molecule has 0 aromatic rings. The summed E-state index contributed by atoms with van der Waals surface area (Å²) in [5.41, 5.74) is 0. The number of aliphatic imine (C=N–C) groups is 1. The first kappa shape index (κ1) is 9.70. The molecule has 0 aliphatic carbocycles. The monoisotopic (exact) mass is 183 g/mol. The van der Waals surface area contributed by atoms with Gasteiger partial charge in [0.1, 0.15) is 0 Å². The Morgan fingerprint density at radius 3 is 2.31 bits per heavy atom. The fourth-order valence-electron chi connectivity index (χ4n) is 1.13. The van der Waals surface area contributed by atoms with Gasteiger partial charge in [-0.1, -0.05) is 13.3 Å². The van der Waals surface area contributed by atoms with Crippen LogP contribution in [0.4, 0.5) is 0 Å². The predicted octanol–water partition coefficient (Wildman–Crippen LogP) is -0.223. The molecule has 1 rings (SSSR count). The lowest BCUT2D eigenvalue weighted by Crippen LogP contribution is -2.27. The molecule has 0 aromatic carbocycles. The summed E-state index contributed by atoms with van der Waals surface area (Å²) in [6, 6.07) is 0.124. The van der Waals surface area contributed by atoms with E-state index >= 15 is 0 Å². The van der Waals surface area contributed by atoms with E-state index in [9.17, 15) is 9.59 Å². The van der Waals surface area contributed by atoms with Crippen molar-refractivity contribution in [2.75, 3.05) is 0 Å². The van der Waals surface area contributed by atoms with Crippen LogP contribution in [0.3, 0.4) is 0 Å². The summed E-state index contributed by atoms with van der Waals surface area (Å²) in [5.74, 6) is -0.999. The molecule has 0 radical (unpaired) electrons. The quantitative estimate of drug-likeness (QED) is 0.594. The lowest BCUT2D eigenvalue weighted by molar-refractivity contribution is -0.135. The number of carbonyl (C=O) groups is 2. The highest BCUT2D eigenvalue weighted by Crippen LogP contribution is 2.00. The number of nitrogens with zero attached hydrogens (tertiary/aromatic N) is 1. The summed E-state index contributed by atoms with van der Waals surface area (Å²) >= 11 is 0. The lowest BCUT2D eigenvalue weighted by atomic mass is 10.2. The third-order valence-electron chi connectivity index (χ3n) is 1.73. The second-order valence-corrected chi connectivity index (χ2v) is 3.02. The Bertz CT molecular complexity index is 242. The van der Waals surface area contributed by atoms with E-state index in [4.69, 9.17) is 0 Å². The summed E-state index contributed by atoms with van der Waals surface area (Å²) in [6.07, 6.45) is 1.97. The first-order valence-corrected chi connectivity index (χ1v) is 4.33. The van der Waals surface area contributed by atoms with Gasteiger partial charge in [0.2, 0.25) is 5.96 Å². The molecule has 1 heterocycles. The average molecular weight is 183 g/mol. The molecular formula is C8H13N3O2. The topological polar surface area (TPSA) is 70.6 Å². The van der Waals surface area contributed by atoms with Crippen molar-refractivity contribution in [2.24, 2.45) is 4.99 Å². The number of guanidine groups is 1. The van der Waals surface area contributed by atoms with Crippen molar-refractivity contribution in [3.05, 3.63) is 0 Å². The largest absolute Gasteiger partial charge is 0.316 e. The zero-order valence-electron chi connectivity index (χ0n) is 7.76. The molecule has 0 bridgehead atoms. The summed E-state index contributed by atoms with van der Waals surface area (Å²) in [7, 11) is 0. The molecule has 0 aromatic heterocycles. The Morgan fingerprint density at radius 2 is 1.85 bits per heavy atom. The van der Waals surface area contributed by atoms with Crippen LogP contribution in [0.15, 0.2) is 4.99 Å². The molecule has 0 spiro atoms. The van der Waals surface area contributed by atoms with Crippen molar-refractivity contribution in [3.8, 4) is 0 Å². The van der Waals surface area contributed by atoms with Crippen molar-refractivity contribution in [1.29, 1.82) is 0 Å². The van der Waals surface area contributed by atoms with Crippen LogP contribution in [0.1, 0.15) is 26.7 Å². The zero-order chi connectivity index (χ0) is 9.84. The SMILES string of the molecule is CCCC(C)N=C1NC(=O)C(=O)N1. The summed E-state index contributed by atoms with van der Waals surface area (Å²) < 4.78 is 0. The summed E-state index contributed by atoms with van der Waals surface area (Å²) in [6.45, 7) is 4.00. The van der Waals surface area contributed by atoms with Crippen molar-refractivity contribution in [3.63, 3.8) is 0 Å². The Balaban J connectivity index is 2.54. The van der Waals surface area contributed by atoms with Crippen molar-refractivity contribution in [1.82, 2.24) is 10.6 Å². The van der Waals surface area contributed by atoms with Gasteiger partial charge >= 0.3 is 11.8 Å². The second kappa shape index (κ2) is 4.02. The van der Waals surface area contributed by atoms with Gasteiger partial charge in [0.05, 0.1) is 6.04 Å². The maximum Gasteiger partial charge on any atom is 0.316 e. The predicted molar refractivity (Wildman–Crippen MR) is 48.1 cm³/mol. The molecule has 1 aliphatic heterocycles. The van der Waals surface area contributed by atoms with Gasteiger partial charge in [0.25, 0.3) is 0 Å². The van der Waals surface area contributed by atoms with Gasteiger partial charge in [-0.15, -0.1) is 0 Å². The van der Waals surface area contributed by atoms with Gasteiger partial charge in [-0.3, -0.25) is 20.2 Å². The number of hydrogen-bond donors (Lipinski definition) is 2. The van der Waals surface area contributed by atoms with Crippen molar-refractivity contribution < 1.29 is 9.59 Å². The van der Waals surface area contributed by atoms with E-state index in [1.54, 1.807) is 0 Å². The third-order valence-corrected chi connectivity index (χ3v) is 1.73. The van der Waals surface area contributed by atoms with Gasteiger partial charge in [0, 0.05) is 0 Å². The van der Waals surface area contributed by atoms with Crippen LogP contribution in [-0.2, 0) is 9.59 Å². The number of hydrogen-bond acceptors (Lipinski definition) is 3. The maximum absolute atomic E-state index is 10.7. The normalized spacial score (nSPS) is 18.2. The van der Waals surface area contributed by atoms with Gasteiger partial charge < -0.3 is 0 Å². The van der Waals surface area contributed by atoms with E-state index in [0.717, 1.165) is 12.8 Å². The smallest absolute Gasteiger partial charge is 0.288 e. The van der Waals surface area contributed by atoms with E-state index in [1.807, 2.05) is 6.92 Å².